The number of ether oxygens (including phenoxy) is 1. The van der Waals surface area contributed by atoms with Crippen LogP contribution in [0.1, 0.15) is 76.2 Å². The summed E-state index contributed by atoms with van der Waals surface area (Å²) >= 11 is 0. The van der Waals surface area contributed by atoms with E-state index in [0.717, 1.165) is 0 Å². The van der Waals surface area contributed by atoms with Crippen molar-refractivity contribution in [1.29, 1.82) is 0 Å². The van der Waals surface area contributed by atoms with Crippen LogP contribution in [0.4, 0.5) is 0 Å². The van der Waals surface area contributed by atoms with Gasteiger partial charge in [0, 0.05) is 0 Å². The summed E-state index contributed by atoms with van der Waals surface area (Å²) < 4.78 is 5.16. The summed E-state index contributed by atoms with van der Waals surface area (Å²) in [6, 6.07) is -1.33. The van der Waals surface area contributed by atoms with Crippen molar-refractivity contribution in [1.82, 2.24) is 0 Å². The first-order valence-corrected chi connectivity index (χ1v) is 8.72. The number of carboxylic acids is 1. The normalized spacial score (nSPS) is 13.9. The van der Waals surface area contributed by atoms with E-state index in [0.29, 0.717) is 0 Å². The van der Waals surface area contributed by atoms with E-state index in [2.05, 4.69) is 6.58 Å². The van der Waals surface area contributed by atoms with Crippen molar-refractivity contribution in [2.45, 2.75) is 93.8 Å². The molecule has 0 aliphatic rings. The van der Waals surface area contributed by atoms with Gasteiger partial charge >= 0.3 is 11.9 Å². The highest BCUT2D eigenvalue weighted by Gasteiger charge is 2.31. The average Bonchev–Trinajstić information content (AvgIpc) is 2.32. The number of carbonyl (C=O) groups is 2. The van der Waals surface area contributed by atoms with Crippen LogP contribution in [-0.2, 0) is 14.3 Å². The van der Waals surface area contributed by atoms with E-state index >= 15 is 0 Å². The van der Waals surface area contributed by atoms with Crippen molar-refractivity contribution in [2.24, 2.45) is 22.3 Å². The van der Waals surface area contributed by atoms with Gasteiger partial charge in [-0.25, -0.2) is 0 Å². The molecule has 0 spiro atoms. The third kappa shape index (κ3) is 18.9. The molecule has 156 valence electrons. The Morgan fingerprint density at radius 2 is 1.12 bits per heavy atom. The zero-order valence-electron chi connectivity index (χ0n) is 18.7. The number of rotatable bonds is 2. The molecule has 0 aromatic carbocycles. The Labute approximate surface area is 160 Å². The van der Waals surface area contributed by atoms with Crippen LogP contribution in [-0.4, -0.2) is 34.7 Å². The molecule has 5 N–H and O–H groups in total. The smallest absolute Gasteiger partial charge is 0.323 e. The SMILES string of the molecule is C=C(C)C.CC(C)(C)OC(=O)[C@H](N)C(C)(C)C.CC(C)(C)[C@@H](N)C(=O)O. The lowest BCUT2D eigenvalue weighted by molar-refractivity contribution is -0.159. The van der Waals surface area contributed by atoms with Crippen molar-refractivity contribution in [3.63, 3.8) is 0 Å². The summed E-state index contributed by atoms with van der Waals surface area (Å²) in [4.78, 5) is 21.7. The van der Waals surface area contributed by atoms with Gasteiger partial charge in [-0.1, -0.05) is 47.1 Å². The van der Waals surface area contributed by atoms with Gasteiger partial charge in [-0.3, -0.25) is 9.59 Å². The Bertz CT molecular complexity index is 448. The molecule has 2 atom stereocenters. The molecule has 0 aliphatic heterocycles. The second kappa shape index (κ2) is 11.3. The van der Waals surface area contributed by atoms with Crippen LogP contribution < -0.4 is 11.5 Å². The Morgan fingerprint density at radius 3 is 1.23 bits per heavy atom. The highest BCUT2D eigenvalue weighted by molar-refractivity contribution is 5.76. The van der Waals surface area contributed by atoms with Crippen molar-refractivity contribution in [2.75, 3.05) is 0 Å². The fourth-order valence-corrected chi connectivity index (χ4v) is 1.09. The zero-order chi connectivity index (χ0) is 22.1. The Kier molecular flexibility index (Phi) is 12.8. The molecular formula is C20H42N2O4. The van der Waals surface area contributed by atoms with Crippen LogP contribution in [0, 0.1) is 10.8 Å². The second-order valence-corrected chi connectivity index (χ2v) is 9.77. The maximum Gasteiger partial charge on any atom is 0.323 e. The maximum absolute atomic E-state index is 11.5. The third-order valence-corrected chi connectivity index (χ3v) is 2.79. The fourth-order valence-electron chi connectivity index (χ4n) is 1.09. The topological polar surface area (TPSA) is 116 Å². The largest absolute Gasteiger partial charge is 0.480 e. The molecule has 0 saturated carbocycles. The van der Waals surface area contributed by atoms with Gasteiger partial charge in [0.2, 0.25) is 0 Å². The van der Waals surface area contributed by atoms with E-state index in [9.17, 15) is 9.59 Å². The van der Waals surface area contributed by atoms with Crippen LogP contribution in [0.25, 0.3) is 0 Å². The van der Waals surface area contributed by atoms with Crippen molar-refractivity contribution in [3.8, 4) is 0 Å². The van der Waals surface area contributed by atoms with Crippen LogP contribution in [0.5, 0.6) is 0 Å². The molecule has 0 radical (unpaired) electrons. The van der Waals surface area contributed by atoms with E-state index in [1.807, 2.05) is 55.4 Å². The van der Waals surface area contributed by atoms with E-state index < -0.39 is 23.7 Å². The molecule has 0 saturated heterocycles. The lowest BCUT2D eigenvalue weighted by atomic mass is 9.87. The molecule has 0 fully saturated rings. The maximum atomic E-state index is 11.5. The van der Waals surface area contributed by atoms with Gasteiger partial charge in [0.05, 0.1) is 0 Å². The number of esters is 1. The second-order valence-electron chi connectivity index (χ2n) is 9.77. The van der Waals surface area contributed by atoms with Crippen molar-refractivity contribution < 1.29 is 19.4 Å². The highest BCUT2D eigenvalue weighted by atomic mass is 16.6. The number of nitrogens with two attached hydrogens (primary N) is 2. The van der Waals surface area contributed by atoms with Gasteiger partial charge in [-0.05, 0) is 45.4 Å². The zero-order valence-corrected chi connectivity index (χ0v) is 18.7. The van der Waals surface area contributed by atoms with Crippen LogP contribution in [0.15, 0.2) is 12.2 Å². The Balaban J connectivity index is -0.000000352. The molecule has 0 aromatic heterocycles. The molecule has 0 bridgehead atoms. The lowest BCUT2D eigenvalue weighted by Crippen LogP contribution is -2.45. The van der Waals surface area contributed by atoms with Crippen LogP contribution >= 0.6 is 0 Å². The van der Waals surface area contributed by atoms with E-state index in [1.54, 1.807) is 20.8 Å². The molecule has 0 heterocycles. The molecule has 6 nitrogen and oxygen atoms in total. The number of carboxylic acid groups (broad SMARTS) is 1. The summed E-state index contributed by atoms with van der Waals surface area (Å²) in [6.45, 7) is 24.1. The van der Waals surface area contributed by atoms with Gasteiger partial charge in [-0.15, -0.1) is 6.58 Å². The minimum absolute atomic E-state index is 0.248. The Morgan fingerprint density at radius 1 is 0.846 bits per heavy atom. The number of aliphatic carboxylic acids is 1. The minimum Gasteiger partial charge on any atom is -0.480 e. The lowest BCUT2D eigenvalue weighted by Gasteiger charge is -2.28. The van der Waals surface area contributed by atoms with Gasteiger partial charge in [0.1, 0.15) is 17.7 Å². The predicted molar refractivity (Wildman–Crippen MR) is 109 cm³/mol. The van der Waals surface area contributed by atoms with Crippen LogP contribution in [0.2, 0.25) is 0 Å². The molecule has 0 aliphatic carbocycles. The number of carbonyl (C=O) groups excluding carboxylic acids is 1. The summed E-state index contributed by atoms with van der Waals surface area (Å²) in [5.74, 6) is -1.28. The van der Waals surface area contributed by atoms with Crippen molar-refractivity contribution in [3.05, 3.63) is 12.2 Å². The average molecular weight is 375 g/mol. The fraction of sp³-hybridized carbons (Fsp3) is 0.800. The third-order valence-electron chi connectivity index (χ3n) is 2.79. The highest BCUT2D eigenvalue weighted by Crippen LogP contribution is 2.20. The van der Waals surface area contributed by atoms with E-state index in [-0.39, 0.29) is 16.8 Å². The summed E-state index contributed by atoms with van der Waals surface area (Å²) in [7, 11) is 0. The van der Waals surface area contributed by atoms with Crippen molar-refractivity contribution >= 4 is 11.9 Å². The number of hydrogen-bond donors (Lipinski definition) is 3. The number of allylic oxidation sites excluding steroid dienone is 1. The standard InChI is InChI=1S/C10H21NO2.C6H13NO2.C4H8/c1-9(2,3)7(11)8(12)13-10(4,5)6;1-6(2,3)4(7)5(8)9;1-4(2)3/h7H,11H2,1-6H3;4H,7H2,1-3H3,(H,8,9);1H2,2-3H3/t7-;4-;/m00./s1. The summed E-state index contributed by atoms with van der Waals surface area (Å²) in [6.07, 6.45) is 0. The van der Waals surface area contributed by atoms with E-state index in [1.165, 1.54) is 5.57 Å². The van der Waals surface area contributed by atoms with Gasteiger partial charge in [-0.2, -0.15) is 0 Å². The monoisotopic (exact) mass is 374 g/mol. The van der Waals surface area contributed by atoms with Gasteiger partial charge < -0.3 is 21.3 Å². The molecule has 0 unspecified atom stereocenters. The first-order chi connectivity index (χ1) is 11.1. The molecule has 0 aromatic rings. The molecule has 0 rings (SSSR count). The van der Waals surface area contributed by atoms with Gasteiger partial charge in [0.15, 0.2) is 0 Å². The predicted octanol–water partition coefficient (Wildman–Crippen LogP) is 3.73. The molecule has 26 heavy (non-hydrogen) atoms. The van der Waals surface area contributed by atoms with Crippen LogP contribution in [0.3, 0.4) is 0 Å². The van der Waals surface area contributed by atoms with E-state index in [4.69, 9.17) is 21.3 Å². The molecule has 6 heteroatoms. The minimum atomic E-state index is -0.942. The van der Waals surface area contributed by atoms with Gasteiger partial charge in [0.25, 0.3) is 0 Å². The molecule has 0 amide bonds. The summed E-state index contributed by atoms with van der Waals surface area (Å²) in [5.41, 5.74) is 11.1. The first kappa shape index (κ1) is 29.4. The quantitative estimate of drug-likeness (QED) is 0.501. The molecular weight excluding hydrogens is 332 g/mol. The summed E-state index contributed by atoms with van der Waals surface area (Å²) in [5, 5.41) is 8.39. The Hall–Kier alpha value is -1.40. The first-order valence-electron chi connectivity index (χ1n) is 8.72. The number of hydrogen-bond acceptors (Lipinski definition) is 5.